The molecule has 1 atom stereocenters. The second kappa shape index (κ2) is 5.69. The lowest BCUT2D eigenvalue weighted by Gasteiger charge is -2.16. The second-order valence-corrected chi connectivity index (χ2v) is 4.31. The number of halogens is 1. The number of alkyl halides is 1. The van der Waals surface area contributed by atoms with E-state index in [0.29, 0.717) is 11.4 Å². The summed E-state index contributed by atoms with van der Waals surface area (Å²) in [6.45, 7) is 1.81. The van der Waals surface area contributed by atoms with Crippen LogP contribution in [0.15, 0.2) is 36.5 Å². The van der Waals surface area contributed by atoms with E-state index in [2.05, 4.69) is 15.5 Å². The lowest BCUT2D eigenvalue weighted by atomic mass is 10.1. The molecule has 0 aliphatic carbocycles. The minimum Gasteiger partial charge on any atom is -0.344 e. The van der Waals surface area contributed by atoms with Crippen LogP contribution >= 0.6 is 11.6 Å². The van der Waals surface area contributed by atoms with Gasteiger partial charge in [-0.15, -0.1) is 11.6 Å². The number of hydrogen-bond acceptors (Lipinski definition) is 2. The van der Waals surface area contributed by atoms with Crippen molar-refractivity contribution < 1.29 is 4.79 Å². The van der Waals surface area contributed by atoms with Crippen LogP contribution in [0.2, 0.25) is 0 Å². The summed E-state index contributed by atoms with van der Waals surface area (Å²) in [5.74, 6) is 0.155. The van der Waals surface area contributed by atoms with Crippen molar-refractivity contribution in [2.45, 2.75) is 13.0 Å². The fourth-order valence-corrected chi connectivity index (χ4v) is 1.97. The minimum atomic E-state index is -0.199. The Morgan fingerprint density at radius 2 is 2.17 bits per heavy atom. The summed E-state index contributed by atoms with van der Waals surface area (Å²) >= 11 is 5.91. The molecule has 0 spiro atoms. The highest BCUT2D eigenvalue weighted by molar-refractivity contribution is 6.18. The zero-order valence-corrected chi connectivity index (χ0v) is 10.7. The summed E-state index contributed by atoms with van der Waals surface area (Å²) in [6, 6.07) is 9.45. The van der Waals surface area contributed by atoms with Gasteiger partial charge in [0.15, 0.2) is 0 Å². The van der Waals surface area contributed by atoms with Gasteiger partial charge in [-0.3, -0.25) is 9.89 Å². The molecule has 0 saturated heterocycles. The van der Waals surface area contributed by atoms with E-state index in [1.165, 1.54) is 6.20 Å². The highest BCUT2D eigenvalue weighted by Crippen LogP contribution is 2.15. The average molecular weight is 264 g/mol. The largest absolute Gasteiger partial charge is 0.344 e. The van der Waals surface area contributed by atoms with Gasteiger partial charge >= 0.3 is 0 Å². The Hall–Kier alpha value is -1.81. The number of nitrogens with one attached hydrogen (secondary N) is 2. The van der Waals surface area contributed by atoms with Gasteiger partial charge in [-0.2, -0.15) is 5.10 Å². The van der Waals surface area contributed by atoms with Crippen molar-refractivity contribution in [2.24, 2.45) is 0 Å². The number of carbonyl (C=O) groups is 1. The molecule has 0 fully saturated rings. The van der Waals surface area contributed by atoms with Gasteiger partial charge in [-0.1, -0.05) is 30.3 Å². The maximum absolute atomic E-state index is 12.0. The van der Waals surface area contributed by atoms with E-state index in [-0.39, 0.29) is 11.9 Å². The van der Waals surface area contributed by atoms with Crippen LogP contribution in [0, 0.1) is 6.92 Å². The predicted octanol–water partition coefficient (Wildman–Crippen LogP) is 2.43. The lowest BCUT2D eigenvalue weighted by Crippen LogP contribution is -2.29. The Labute approximate surface area is 110 Å². The van der Waals surface area contributed by atoms with Crippen molar-refractivity contribution in [1.82, 2.24) is 15.5 Å². The van der Waals surface area contributed by atoms with Gasteiger partial charge < -0.3 is 5.32 Å². The zero-order valence-electron chi connectivity index (χ0n) is 9.98. The molecular weight excluding hydrogens is 250 g/mol. The standard InChI is InChI=1S/C13H14ClN3O/c1-9-11(8-15-17-9)13(18)16-12(7-14)10-5-3-2-4-6-10/h2-6,8,12H,7H2,1H3,(H,15,17)(H,16,18). The van der Waals surface area contributed by atoms with E-state index in [1.54, 1.807) is 6.92 Å². The third-order valence-corrected chi connectivity index (χ3v) is 3.04. The summed E-state index contributed by atoms with van der Waals surface area (Å²) in [6.07, 6.45) is 1.51. The Morgan fingerprint density at radius 1 is 1.44 bits per heavy atom. The SMILES string of the molecule is Cc1[nH]ncc1C(=O)NC(CCl)c1ccccc1. The number of hydrogen-bond donors (Lipinski definition) is 2. The van der Waals surface area contributed by atoms with Gasteiger partial charge in [0, 0.05) is 11.6 Å². The summed E-state index contributed by atoms with van der Waals surface area (Å²) in [5.41, 5.74) is 2.27. The molecule has 1 aromatic heterocycles. The normalized spacial score (nSPS) is 12.1. The Kier molecular flexibility index (Phi) is 3.99. The zero-order chi connectivity index (χ0) is 13.0. The van der Waals surface area contributed by atoms with Crippen molar-refractivity contribution in [2.75, 3.05) is 5.88 Å². The molecule has 2 N–H and O–H groups in total. The molecular formula is C13H14ClN3O. The number of nitrogens with zero attached hydrogens (tertiary/aromatic N) is 1. The molecule has 5 heteroatoms. The summed E-state index contributed by atoms with van der Waals surface area (Å²) in [4.78, 5) is 12.0. The van der Waals surface area contributed by atoms with Crippen LogP contribution in [0.4, 0.5) is 0 Å². The number of H-pyrrole nitrogens is 1. The lowest BCUT2D eigenvalue weighted by molar-refractivity contribution is 0.0940. The fourth-order valence-electron chi connectivity index (χ4n) is 1.71. The Balaban J connectivity index is 2.13. The third kappa shape index (κ3) is 2.71. The van der Waals surface area contributed by atoms with Crippen molar-refractivity contribution in [3.63, 3.8) is 0 Å². The Morgan fingerprint density at radius 3 is 2.72 bits per heavy atom. The van der Waals surface area contributed by atoms with Gasteiger partial charge in [-0.05, 0) is 12.5 Å². The molecule has 0 radical (unpaired) electrons. The molecule has 0 aliphatic rings. The molecule has 1 amide bonds. The first-order valence-corrected chi connectivity index (χ1v) is 6.17. The molecule has 0 saturated carbocycles. The molecule has 94 valence electrons. The number of rotatable bonds is 4. The number of amides is 1. The molecule has 1 heterocycles. The number of aromatic amines is 1. The molecule has 2 rings (SSSR count). The van der Waals surface area contributed by atoms with Crippen LogP contribution in [0.1, 0.15) is 27.7 Å². The summed E-state index contributed by atoms with van der Waals surface area (Å²) < 4.78 is 0. The van der Waals surface area contributed by atoms with Crippen LogP contribution in [-0.4, -0.2) is 22.0 Å². The summed E-state index contributed by atoms with van der Waals surface area (Å²) in [7, 11) is 0. The molecule has 0 aliphatic heterocycles. The van der Waals surface area contributed by atoms with Crippen LogP contribution in [-0.2, 0) is 0 Å². The van der Waals surface area contributed by atoms with Crippen molar-refractivity contribution in [3.05, 3.63) is 53.3 Å². The second-order valence-electron chi connectivity index (χ2n) is 4.00. The fraction of sp³-hybridized carbons (Fsp3) is 0.231. The first-order valence-electron chi connectivity index (χ1n) is 5.64. The Bertz CT molecular complexity index is 524. The van der Waals surface area contributed by atoms with Crippen molar-refractivity contribution >= 4 is 17.5 Å². The number of aromatic nitrogens is 2. The van der Waals surface area contributed by atoms with E-state index in [0.717, 1.165) is 11.3 Å². The number of aryl methyl sites for hydroxylation is 1. The third-order valence-electron chi connectivity index (χ3n) is 2.74. The molecule has 18 heavy (non-hydrogen) atoms. The van der Waals surface area contributed by atoms with E-state index in [4.69, 9.17) is 11.6 Å². The van der Waals surface area contributed by atoms with E-state index in [1.807, 2.05) is 30.3 Å². The maximum atomic E-state index is 12.0. The predicted molar refractivity (Wildman–Crippen MR) is 70.7 cm³/mol. The molecule has 2 aromatic rings. The van der Waals surface area contributed by atoms with Crippen molar-refractivity contribution in [3.8, 4) is 0 Å². The monoisotopic (exact) mass is 263 g/mol. The van der Waals surface area contributed by atoms with Gasteiger partial charge in [0.1, 0.15) is 0 Å². The topological polar surface area (TPSA) is 57.8 Å². The highest BCUT2D eigenvalue weighted by Gasteiger charge is 2.16. The minimum absolute atomic E-state index is 0.171. The smallest absolute Gasteiger partial charge is 0.255 e. The van der Waals surface area contributed by atoms with E-state index < -0.39 is 0 Å². The molecule has 0 bridgehead atoms. The first kappa shape index (κ1) is 12.6. The quantitative estimate of drug-likeness (QED) is 0.833. The van der Waals surface area contributed by atoms with Gasteiger partial charge in [0.05, 0.1) is 17.8 Å². The number of benzene rings is 1. The highest BCUT2D eigenvalue weighted by atomic mass is 35.5. The summed E-state index contributed by atoms with van der Waals surface area (Å²) in [5, 5.41) is 9.46. The van der Waals surface area contributed by atoms with E-state index >= 15 is 0 Å². The maximum Gasteiger partial charge on any atom is 0.255 e. The van der Waals surface area contributed by atoms with Gasteiger partial charge in [-0.25, -0.2) is 0 Å². The van der Waals surface area contributed by atoms with Crippen LogP contribution < -0.4 is 5.32 Å². The molecule has 1 unspecified atom stereocenters. The van der Waals surface area contributed by atoms with Crippen LogP contribution in [0.25, 0.3) is 0 Å². The van der Waals surface area contributed by atoms with Crippen LogP contribution in [0.3, 0.4) is 0 Å². The number of carbonyl (C=O) groups excluding carboxylic acids is 1. The van der Waals surface area contributed by atoms with Crippen molar-refractivity contribution in [1.29, 1.82) is 0 Å². The average Bonchev–Trinajstić information content (AvgIpc) is 2.83. The first-order chi connectivity index (χ1) is 8.72. The molecule has 4 nitrogen and oxygen atoms in total. The van der Waals surface area contributed by atoms with E-state index in [9.17, 15) is 4.79 Å². The van der Waals surface area contributed by atoms with Gasteiger partial charge in [0.2, 0.25) is 0 Å². The molecule has 1 aromatic carbocycles. The van der Waals surface area contributed by atoms with Gasteiger partial charge in [0.25, 0.3) is 5.91 Å². The van der Waals surface area contributed by atoms with Crippen LogP contribution in [0.5, 0.6) is 0 Å².